The van der Waals surface area contributed by atoms with Gasteiger partial charge in [-0.1, -0.05) is 0 Å². The molecular weight excluding hydrogens is 222 g/mol. The molecule has 17 heavy (non-hydrogen) atoms. The Bertz CT molecular complexity index is 504. The number of aliphatic imine (C=N–C) groups is 1. The maximum Gasteiger partial charge on any atom is 0.123 e. The summed E-state index contributed by atoms with van der Waals surface area (Å²) < 4.78 is 25.2. The number of nitrogens with zero attached hydrogens (tertiary/aromatic N) is 1. The molecule has 0 aromatic heterocycles. The van der Waals surface area contributed by atoms with Crippen molar-refractivity contribution in [3.63, 3.8) is 0 Å². The van der Waals surface area contributed by atoms with Gasteiger partial charge in [0.2, 0.25) is 0 Å². The first-order valence-corrected chi connectivity index (χ1v) is 5.04. The van der Waals surface area contributed by atoms with Crippen LogP contribution in [0.2, 0.25) is 0 Å². The zero-order valence-corrected chi connectivity index (χ0v) is 8.90. The lowest BCUT2D eigenvalue weighted by molar-refractivity contribution is 0.627. The molecule has 0 spiro atoms. The van der Waals surface area contributed by atoms with Gasteiger partial charge in [-0.25, -0.2) is 13.8 Å². The molecule has 0 unspecified atom stereocenters. The Hall–Kier alpha value is -2.23. The Kier molecular flexibility index (Phi) is 3.45. The summed E-state index contributed by atoms with van der Waals surface area (Å²) in [6.07, 6.45) is 1.47. The SMILES string of the molecule is Fc1ccc(N=CNc2ccc(F)cc2)cc1. The predicted molar refractivity (Wildman–Crippen MR) is 64.6 cm³/mol. The van der Waals surface area contributed by atoms with Crippen LogP contribution in [0.5, 0.6) is 0 Å². The Morgan fingerprint density at radius 2 is 1.35 bits per heavy atom. The standard InChI is InChI=1S/C13H10F2N2/c14-10-1-5-12(6-2-10)16-9-17-13-7-3-11(15)4-8-13/h1-9H,(H,16,17). The minimum atomic E-state index is -0.296. The summed E-state index contributed by atoms with van der Waals surface area (Å²) in [5, 5.41) is 2.88. The van der Waals surface area contributed by atoms with Gasteiger partial charge in [-0.2, -0.15) is 0 Å². The fourth-order valence-corrected chi connectivity index (χ4v) is 1.25. The second-order valence-electron chi connectivity index (χ2n) is 3.39. The van der Waals surface area contributed by atoms with Crippen LogP contribution >= 0.6 is 0 Å². The summed E-state index contributed by atoms with van der Waals surface area (Å²) >= 11 is 0. The summed E-state index contributed by atoms with van der Waals surface area (Å²) in [4.78, 5) is 4.07. The monoisotopic (exact) mass is 232 g/mol. The number of rotatable bonds is 3. The van der Waals surface area contributed by atoms with Crippen molar-refractivity contribution in [3.8, 4) is 0 Å². The van der Waals surface area contributed by atoms with Gasteiger partial charge in [0.15, 0.2) is 0 Å². The number of halogens is 2. The van der Waals surface area contributed by atoms with Gasteiger partial charge in [-0.3, -0.25) is 0 Å². The molecule has 0 fully saturated rings. The highest BCUT2D eigenvalue weighted by atomic mass is 19.1. The van der Waals surface area contributed by atoms with E-state index < -0.39 is 0 Å². The average Bonchev–Trinajstić information content (AvgIpc) is 2.34. The lowest BCUT2D eigenvalue weighted by Crippen LogP contribution is -1.93. The first-order chi connectivity index (χ1) is 8.24. The molecule has 2 nitrogen and oxygen atoms in total. The van der Waals surface area contributed by atoms with Gasteiger partial charge in [-0.05, 0) is 48.5 Å². The van der Waals surface area contributed by atoms with E-state index in [1.165, 1.54) is 30.6 Å². The van der Waals surface area contributed by atoms with Crippen LogP contribution in [0, 0.1) is 11.6 Å². The molecule has 0 radical (unpaired) electrons. The molecule has 0 aliphatic heterocycles. The third-order valence-electron chi connectivity index (χ3n) is 2.12. The highest BCUT2D eigenvalue weighted by molar-refractivity contribution is 5.77. The van der Waals surface area contributed by atoms with Crippen LogP contribution < -0.4 is 5.32 Å². The summed E-state index contributed by atoms with van der Waals surface area (Å²) in [5.41, 5.74) is 1.37. The van der Waals surface area contributed by atoms with Gasteiger partial charge in [0.25, 0.3) is 0 Å². The maximum atomic E-state index is 12.6. The van der Waals surface area contributed by atoms with Crippen molar-refractivity contribution >= 4 is 17.7 Å². The van der Waals surface area contributed by atoms with E-state index in [-0.39, 0.29) is 11.6 Å². The summed E-state index contributed by atoms with van der Waals surface area (Å²) in [6.45, 7) is 0. The number of anilines is 1. The van der Waals surface area contributed by atoms with E-state index in [2.05, 4.69) is 10.3 Å². The van der Waals surface area contributed by atoms with Crippen LogP contribution in [0.1, 0.15) is 0 Å². The van der Waals surface area contributed by atoms with Gasteiger partial charge in [0, 0.05) is 5.69 Å². The van der Waals surface area contributed by atoms with Crippen LogP contribution in [0.4, 0.5) is 20.2 Å². The van der Waals surface area contributed by atoms with Crippen LogP contribution in [-0.4, -0.2) is 6.34 Å². The van der Waals surface area contributed by atoms with Crippen LogP contribution in [0.25, 0.3) is 0 Å². The molecule has 0 amide bonds. The molecule has 0 aliphatic rings. The Labute approximate surface area is 97.6 Å². The molecule has 1 N–H and O–H groups in total. The second kappa shape index (κ2) is 5.21. The fraction of sp³-hybridized carbons (Fsp3) is 0. The Morgan fingerprint density at radius 1 is 0.824 bits per heavy atom. The molecule has 0 heterocycles. The molecule has 0 atom stereocenters. The van der Waals surface area contributed by atoms with Crippen LogP contribution in [0.15, 0.2) is 53.5 Å². The highest BCUT2D eigenvalue weighted by Crippen LogP contribution is 2.12. The smallest absolute Gasteiger partial charge is 0.123 e. The molecule has 0 saturated carbocycles. The first-order valence-electron chi connectivity index (χ1n) is 5.04. The second-order valence-corrected chi connectivity index (χ2v) is 3.39. The van der Waals surface area contributed by atoms with Crippen molar-refractivity contribution in [1.29, 1.82) is 0 Å². The molecular formula is C13H10F2N2. The van der Waals surface area contributed by atoms with Crippen molar-refractivity contribution in [3.05, 3.63) is 60.2 Å². The van der Waals surface area contributed by atoms with Crippen molar-refractivity contribution in [2.24, 2.45) is 4.99 Å². The minimum absolute atomic E-state index is 0.286. The fourth-order valence-electron chi connectivity index (χ4n) is 1.25. The Balaban J connectivity index is 1.97. The van der Waals surface area contributed by atoms with Crippen LogP contribution in [-0.2, 0) is 0 Å². The largest absolute Gasteiger partial charge is 0.346 e. The molecule has 86 valence electrons. The lowest BCUT2D eigenvalue weighted by atomic mass is 10.3. The molecule has 2 aromatic rings. The third-order valence-corrected chi connectivity index (χ3v) is 2.12. The van der Waals surface area contributed by atoms with E-state index >= 15 is 0 Å². The third kappa shape index (κ3) is 3.38. The summed E-state index contributed by atoms with van der Waals surface area (Å²) in [5.74, 6) is -0.582. The number of nitrogens with one attached hydrogen (secondary N) is 1. The summed E-state index contributed by atoms with van der Waals surface area (Å²) in [6, 6.07) is 11.7. The Morgan fingerprint density at radius 3 is 1.94 bits per heavy atom. The van der Waals surface area contributed by atoms with Crippen LogP contribution in [0.3, 0.4) is 0 Å². The minimum Gasteiger partial charge on any atom is -0.346 e. The molecule has 0 saturated heterocycles. The van der Waals surface area contributed by atoms with Gasteiger partial charge in [-0.15, -0.1) is 0 Å². The molecule has 2 aromatic carbocycles. The van der Waals surface area contributed by atoms with E-state index in [4.69, 9.17) is 0 Å². The van der Waals surface area contributed by atoms with Gasteiger partial charge >= 0.3 is 0 Å². The molecule has 0 aliphatic carbocycles. The molecule has 0 bridgehead atoms. The van der Waals surface area contributed by atoms with E-state index in [9.17, 15) is 8.78 Å². The van der Waals surface area contributed by atoms with Crippen molar-refractivity contribution in [2.75, 3.05) is 5.32 Å². The van der Waals surface area contributed by atoms with Gasteiger partial charge in [0.05, 0.1) is 12.0 Å². The van der Waals surface area contributed by atoms with Crippen molar-refractivity contribution < 1.29 is 8.78 Å². The van der Waals surface area contributed by atoms with Gasteiger partial charge < -0.3 is 5.32 Å². The number of hydrogen-bond acceptors (Lipinski definition) is 1. The average molecular weight is 232 g/mol. The topological polar surface area (TPSA) is 24.4 Å². The van der Waals surface area contributed by atoms with E-state index in [1.54, 1.807) is 24.3 Å². The van der Waals surface area contributed by atoms with E-state index in [0.29, 0.717) is 5.69 Å². The van der Waals surface area contributed by atoms with Gasteiger partial charge in [0.1, 0.15) is 11.6 Å². The number of benzene rings is 2. The van der Waals surface area contributed by atoms with Crippen molar-refractivity contribution in [2.45, 2.75) is 0 Å². The predicted octanol–water partition coefficient (Wildman–Crippen LogP) is 3.74. The highest BCUT2D eigenvalue weighted by Gasteiger charge is 1.91. The van der Waals surface area contributed by atoms with E-state index in [0.717, 1.165) is 5.69 Å². The molecule has 4 heteroatoms. The number of hydrogen-bond donors (Lipinski definition) is 1. The lowest BCUT2D eigenvalue weighted by Gasteiger charge is -1.99. The summed E-state index contributed by atoms with van der Waals surface area (Å²) in [7, 11) is 0. The molecule has 2 rings (SSSR count). The zero-order valence-electron chi connectivity index (χ0n) is 8.90. The quantitative estimate of drug-likeness (QED) is 0.632. The first kappa shape index (κ1) is 11.3. The normalized spacial score (nSPS) is 10.7. The maximum absolute atomic E-state index is 12.6. The zero-order chi connectivity index (χ0) is 12.1. The van der Waals surface area contributed by atoms with E-state index in [1.807, 2.05) is 0 Å². The van der Waals surface area contributed by atoms with Crippen molar-refractivity contribution in [1.82, 2.24) is 0 Å².